The van der Waals surface area contributed by atoms with E-state index >= 15 is 0 Å². The van der Waals surface area contributed by atoms with Crippen LogP contribution >= 0.6 is 0 Å². The molecule has 0 spiro atoms. The van der Waals surface area contributed by atoms with E-state index in [1.54, 1.807) is 12.1 Å². The first-order valence-electron chi connectivity index (χ1n) is 5.77. The molecule has 0 unspecified atom stereocenters. The van der Waals surface area contributed by atoms with Gasteiger partial charge >= 0.3 is 0 Å². The fourth-order valence-corrected chi connectivity index (χ4v) is 2.03. The Kier molecular flexibility index (Phi) is 3.62. The second-order valence-electron chi connectivity index (χ2n) is 4.21. The molecule has 1 heterocycles. The summed E-state index contributed by atoms with van der Waals surface area (Å²) in [7, 11) is 0. The Balaban J connectivity index is 1.80. The van der Waals surface area contributed by atoms with Crippen molar-refractivity contribution in [1.82, 2.24) is 4.90 Å². The van der Waals surface area contributed by atoms with Crippen molar-refractivity contribution in [3.63, 3.8) is 0 Å². The highest BCUT2D eigenvalue weighted by atomic mass is 19.1. The van der Waals surface area contributed by atoms with Gasteiger partial charge in [0, 0.05) is 18.8 Å². The van der Waals surface area contributed by atoms with Gasteiger partial charge in [0.25, 0.3) is 0 Å². The number of benzene rings is 1. The lowest BCUT2D eigenvalue weighted by Crippen LogP contribution is -2.26. The average Bonchev–Trinajstić information content (AvgIpc) is 2.74. The molecule has 1 aliphatic rings. The highest BCUT2D eigenvalue weighted by Crippen LogP contribution is 2.16. The second-order valence-corrected chi connectivity index (χ2v) is 4.21. The van der Waals surface area contributed by atoms with Gasteiger partial charge < -0.3 is 16.0 Å². The first-order valence-corrected chi connectivity index (χ1v) is 5.77. The fraction of sp³-hybridized carbons (Fsp3) is 0.500. The van der Waals surface area contributed by atoms with E-state index in [2.05, 4.69) is 10.2 Å². The van der Waals surface area contributed by atoms with E-state index in [1.165, 1.54) is 32.0 Å². The van der Waals surface area contributed by atoms with Crippen LogP contribution in [0.25, 0.3) is 0 Å². The summed E-state index contributed by atoms with van der Waals surface area (Å²) in [6.07, 6.45) is 2.58. The molecule has 0 amide bonds. The zero-order valence-corrected chi connectivity index (χ0v) is 9.38. The molecule has 2 rings (SSSR count). The zero-order valence-electron chi connectivity index (χ0n) is 9.38. The van der Waals surface area contributed by atoms with Crippen LogP contribution in [0, 0.1) is 5.82 Å². The van der Waals surface area contributed by atoms with Crippen molar-refractivity contribution in [1.29, 1.82) is 0 Å². The topological polar surface area (TPSA) is 41.3 Å². The quantitative estimate of drug-likeness (QED) is 0.766. The third-order valence-electron chi connectivity index (χ3n) is 2.94. The van der Waals surface area contributed by atoms with Gasteiger partial charge in [0.2, 0.25) is 0 Å². The number of hydrogen-bond acceptors (Lipinski definition) is 3. The van der Waals surface area contributed by atoms with E-state index in [1.807, 2.05) is 0 Å². The van der Waals surface area contributed by atoms with E-state index < -0.39 is 0 Å². The molecule has 1 aliphatic heterocycles. The lowest BCUT2D eigenvalue weighted by Gasteiger charge is -2.15. The maximum Gasteiger partial charge on any atom is 0.148 e. The Hall–Kier alpha value is -1.29. The maximum absolute atomic E-state index is 13.4. The van der Waals surface area contributed by atoms with Crippen LogP contribution in [-0.2, 0) is 0 Å². The van der Waals surface area contributed by atoms with Gasteiger partial charge in [0.1, 0.15) is 5.82 Å². The van der Waals surface area contributed by atoms with E-state index in [4.69, 9.17) is 5.73 Å². The Morgan fingerprint density at radius 3 is 2.75 bits per heavy atom. The predicted molar refractivity (Wildman–Crippen MR) is 65.0 cm³/mol. The monoisotopic (exact) mass is 223 g/mol. The van der Waals surface area contributed by atoms with E-state index in [0.717, 1.165) is 13.1 Å². The second kappa shape index (κ2) is 5.16. The molecule has 1 aromatic rings. The van der Waals surface area contributed by atoms with E-state index in [-0.39, 0.29) is 5.82 Å². The molecule has 1 saturated heterocycles. The smallest absolute Gasteiger partial charge is 0.148 e. The first-order chi connectivity index (χ1) is 7.75. The van der Waals surface area contributed by atoms with Crippen LogP contribution in [0.2, 0.25) is 0 Å². The summed E-state index contributed by atoms with van der Waals surface area (Å²) in [6, 6.07) is 4.74. The minimum Gasteiger partial charge on any atom is -0.399 e. The van der Waals surface area contributed by atoms with Gasteiger partial charge in [-0.05, 0) is 44.1 Å². The van der Waals surface area contributed by atoms with Crippen LogP contribution < -0.4 is 11.1 Å². The minimum atomic E-state index is -0.276. The summed E-state index contributed by atoms with van der Waals surface area (Å²) in [6.45, 7) is 4.10. The number of hydrogen-bond donors (Lipinski definition) is 2. The van der Waals surface area contributed by atoms with E-state index in [9.17, 15) is 4.39 Å². The Morgan fingerprint density at radius 1 is 1.31 bits per heavy atom. The zero-order chi connectivity index (χ0) is 11.4. The molecule has 1 fully saturated rings. The molecule has 0 saturated carbocycles. The summed E-state index contributed by atoms with van der Waals surface area (Å²) in [5.74, 6) is -0.276. The maximum atomic E-state index is 13.4. The third-order valence-corrected chi connectivity index (χ3v) is 2.94. The van der Waals surface area contributed by atoms with Crippen molar-refractivity contribution in [3.8, 4) is 0 Å². The van der Waals surface area contributed by atoms with Gasteiger partial charge in [-0.2, -0.15) is 0 Å². The molecule has 0 radical (unpaired) electrons. The standard InChI is InChI=1S/C12H18FN3/c13-11-9-10(14)3-4-12(11)15-5-8-16-6-1-2-7-16/h3-4,9,15H,1-2,5-8,14H2. The van der Waals surface area contributed by atoms with Crippen molar-refractivity contribution >= 4 is 11.4 Å². The van der Waals surface area contributed by atoms with Crippen LogP contribution in [0.4, 0.5) is 15.8 Å². The summed E-state index contributed by atoms with van der Waals surface area (Å²) in [4.78, 5) is 2.39. The average molecular weight is 223 g/mol. The number of nitrogens with two attached hydrogens (primary N) is 1. The molecular formula is C12H18FN3. The van der Waals surface area contributed by atoms with Crippen LogP contribution in [0.3, 0.4) is 0 Å². The highest BCUT2D eigenvalue weighted by Gasteiger charge is 2.10. The number of nitrogens with zero attached hydrogens (tertiary/aromatic N) is 1. The van der Waals surface area contributed by atoms with Crippen molar-refractivity contribution < 1.29 is 4.39 Å². The summed E-state index contributed by atoms with van der Waals surface area (Å²) >= 11 is 0. The van der Waals surface area contributed by atoms with Crippen molar-refractivity contribution in [2.75, 3.05) is 37.2 Å². The predicted octanol–water partition coefficient (Wildman–Crippen LogP) is 1.92. The molecule has 0 bridgehead atoms. The summed E-state index contributed by atoms with van der Waals surface area (Å²) < 4.78 is 13.4. The van der Waals surface area contributed by atoms with Crippen molar-refractivity contribution in [2.24, 2.45) is 0 Å². The van der Waals surface area contributed by atoms with Crippen LogP contribution in [0.1, 0.15) is 12.8 Å². The molecule has 88 valence electrons. The lowest BCUT2D eigenvalue weighted by atomic mass is 10.2. The van der Waals surface area contributed by atoms with Crippen molar-refractivity contribution in [2.45, 2.75) is 12.8 Å². The van der Waals surface area contributed by atoms with Gasteiger partial charge in [-0.25, -0.2) is 4.39 Å². The third kappa shape index (κ3) is 2.85. The molecule has 1 aromatic carbocycles. The van der Waals surface area contributed by atoms with E-state index in [0.29, 0.717) is 11.4 Å². The number of likely N-dealkylation sites (tertiary alicyclic amines) is 1. The Bertz CT molecular complexity index is 348. The van der Waals surface area contributed by atoms with Crippen LogP contribution in [0.5, 0.6) is 0 Å². The number of rotatable bonds is 4. The largest absolute Gasteiger partial charge is 0.399 e. The first kappa shape index (κ1) is 11.2. The molecule has 3 N–H and O–H groups in total. The van der Waals surface area contributed by atoms with Gasteiger partial charge in [0.05, 0.1) is 5.69 Å². The molecule has 3 nitrogen and oxygen atoms in total. The normalized spacial score (nSPS) is 16.6. The molecule has 0 aliphatic carbocycles. The van der Waals surface area contributed by atoms with Crippen LogP contribution in [0.15, 0.2) is 18.2 Å². The van der Waals surface area contributed by atoms with Gasteiger partial charge in [0.15, 0.2) is 0 Å². The molecule has 0 aromatic heterocycles. The highest BCUT2D eigenvalue weighted by molar-refractivity contribution is 5.52. The van der Waals surface area contributed by atoms with Crippen molar-refractivity contribution in [3.05, 3.63) is 24.0 Å². The van der Waals surface area contributed by atoms with Crippen LogP contribution in [-0.4, -0.2) is 31.1 Å². The SMILES string of the molecule is Nc1ccc(NCCN2CCCC2)c(F)c1. The number of nitrogens with one attached hydrogen (secondary N) is 1. The number of anilines is 2. The lowest BCUT2D eigenvalue weighted by molar-refractivity contribution is 0.352. The van der Waals surface area contributed by atoms with Gasteiger partial charge in [-0.15, -0.1) is 0 Å². The molecular weight excluding hydrogens is 205 g/mol. The number of halogens is 1. The minimum absolute atomic E-state index is 0.276. The molecule has 0 atom stereocenters. The summed E-state index contributed by atoms with van der Waals surface area (Å²) in [5, 5.41) is 3.09. The number of nitrogen functional groups attached to an aromatic ring is 1. The Labute approximate surface area is 95.4 Å². The fourth-order valence-electron chi connectivity index (χ4n) is 2.03. The summed E-state index contributed by atoms with van der Waals surface area (Å²) in [5.41, 5.74) is 6.48. The molecule has 16 heavy (non-hydrogen) atoms. The molecule has 4 heteroatoms. The van der Waals surface area contributed by atoms with Gasteiger partial charge in [-0.3, -0.25) is 0 Å². The Morgan fingerprint density at radius 2 is 2.06 bits per heavy atom. The van der Waals surface area contributed by atoms with Gasteiger partial charge in [-0.1, -0.05) is 0 Å².